The van der Waals surface area contributed by atoms with Crippen LogP contribution in [0, 0.1) is 6.92 Å². The van der Waals surface area contributed by atoms with Crippen molar-refractivity contribution in [3.05, 3.63) is 28.0 Å². The Morgan fingerprint density at radius 2 is 2.23 bits per heavy atom. The van der Waals surface area contributed by atoms with Gasteiger partial charge in [0.25, 0.3) is 0 Å². The van der Waals surface area contributed by atoms with E-state index in [2.05, 4.69) is 33.9 Å². The van der Waals surface area contributed by atoms with Crippen molar-refractivity contribution in [2.75, 3.05) is 6.54 Å². The Labute approximate surface area is 87.7 Å². The van der Waals surface area contributed by atoms with Crippen LogP contribution in [0.4, 0.5) is 0 Å². The van der Waals surface area contributed by atoms with Crippen LogP contribution in [-0.4, -0.2) is 11.5 Å². The third-order valence-electron chi connectivity index (χ3n) is 2.02. The number of aryl methyl sites for hydroxylation is 2. The lowest BCUT2D eigenvalue weighted by molar-refractivity contribution is 0.729. The molecule has 1 heterocycles. The van der Waals surface area contributed by atoms with E-state index < -0.39 is 0 Å². The summed E-state index contributed by atoms with van der Waals surface area (Å²) in [5.74, 6) is 0. The van der Waals surface area contributed by atoms with Gasteiger partial charge in [-0.05, 0) is 60.3 Å². The fourth-order valence-electron chi connectivity index (χ4n) is 1.27. The Morgan fingerprint density at radius 3 is 2.85 bits per heavy atom. The van der Waals surface area contributed by atoms with Crippen molar-refractivity contribution in [2.45, 2.75) is 26.2 Å². The minimum atomic E-state index is 0.773. The van der Waals surface area contributed by atoms with E-state index in [4.69, 9.17) is 5.73 Å². The molecule has 0 saturated carbocycles. The molecule has 2 N–H and O–H groups in total. The van der Waals surface area contributed by atoms with Crippen LogP contribution in [0.25, 0.3) is 0 Å². The quantitative estimate of drug-likeness (QED) is 0.825. The van der Waals surface area contributed by atoms with Crippen molar-refractivity contribution >= 4 is 15.9 Å². The van der Waals surface area contributed by atoms with Gasteiger partial charge in [0, 0.05) is 16.4 Å². The molecule has 13 heavy (non-hydrogen) atoms. The molecule has 0 aliphatic rings. The maximum atomic E-state index is 5.43. The molecule has 0 radical (unpaired) electrons. The molecule has 2 nitrogen and oxygen atoms in total. The Morgan fingerprint density at radius 1 is 1.46 bits per heavy atom. The van der Waals surface area contributed by atoms with Gasteiger partial charge in [0.15, 0.2) is 0 Å². The zero-order valence-electron chi connectivity index (χ0n) is 7.89. The van der Waals surface area contributed by atoms with Crippen LogP contribution in [-0.2, 0) is 6.42 Å². The Kier molecular flexibility index (Phi) is 4.39. The molecule has 0 atom stereocenters. The van der Waals surface area contributed by atoms with Crippen LogP contribution in [0.1, 0.15) is 24.1 Å². The zero-order chi connectivity index (χ0) is 9.68. The first-order valence-electron chi connectivity index (χ1n) is 4.55. The lowest BCUT2D eigenvalue weighted by Gasteiger charge is -2.04. The Hall–Kier alpha value is -0.410. The van der Waals surface area contributed by atoms with Gasteiger partial charge in [-0.15, -0.1) is 0 Å². The number of nitrogens with two attached hydrogens (primary N) is 1. The SMILES string of the molecule is Cc1cc(Br)cnc1CCCCN. The van der Waals surface area contributed by atoms with Gasteiger partial charge in [0.1, 0.15) is 0 Å². The molecule has 0 aliphatic carbocycles. The topological polar surface area (TPSA) is 38.9 Å². The summed E-state index contributed by atoms with van der Waals surface area (Å²) in [6.07, 6.45) is 5.10. The molecule has 1 aromatic rings. The second-order valence-electron chi connectivity index (χ2n) is 3.16. The van der Waals surface area contributed by atoms with Crippen molar-refractivity contribution < 1.29 is 0 Å². The summed E-state index contributed by atoms with van der Waals surface area (Å²) >= 11 is 3.40. The smallest absolute Gasteiger partial charge is 0.0433 e. The standard InChI is InChI=1S/C10H15BrN2/c1-8-6-9(11)7-13-10(8)4-2-3-5-12/h6-7H,2-5,12H2,1H3. The van der Waals surface area contributed by atoms with Crippen LogP contribution in [0.15, 0.2) is 16.7 Å². The van der Waals surface area contributed by atoms with Gasteiger partial charge in [-0.1, -0.05) is 0 Å². The van der Waals surface area contributed by atoms with Gasteiger partial charge < -0.3 is 5.73 Å². The molecule has 1 aromatic heterocycles. The van der Waals surface area contributed by atoms with Crippen LogP contribution < -0.4 is 5.73 Å². The third-order valence-corrected chi connectivity index (χ3v) is 2.45. The van der Waals surface area contributed by atoms with Crippen LogP contribution in [0.2, 0.25) is 0 Å². The van der Waals surface area contributed by atoms with Gasteiger partial charge in [-0.2, -0.15) is 0 Å². The maximum Gasteiger partial charge on any atom is 0.0433 e. The van der Waals surface area contributed by atoms with Crippen molar-refractivity contribution in [2.24, 2.45) is 5.73 Å². The van der Waals surface area contributed by atoms with Crippen molar-refractivity contribution in [3.63, 3.8) is 0 Å². The highest BCUT2D eigenvalue weighted by molar-refractivity contribution is 9.10. The molecule has 3 heteroatoms. The largest absolute Gasteiger partial charge is 0.330 e. The van der Waals surface area contributed by atoms with E-state index in [1.807, 2.05) is 6.20 Å². The van der Waals surface area contributed by atoms with Gasteiger partial charge in [0.05, 0.1) is 0 Å². The van der Waals surface area contributed by atoms with E-state index in [1.165, 1.54) is 11.3 Å². The van der Waals surface area contributed by atoms with Crippen molar-refractivity contribution in [1.82, 2.24) is 4.98 Å². The number of nitrogens with zero attached hydrogens (tertiary/aromatic N) is 1. The number of hydrogen-bond acceptors (Lipinski definition) is 2. The molecule has 0 saturated heterocycles. The van der Waals surface area contributed by atoms with Gasteiger partial charge in [-0.3, -0.25) is 4.98 Å². The highest BCUT2D eigenvalue weighted by Gasteiger charge is 1.99. The van der Waals surface area contributed by atoms with Crippen LogP contribution in [0.3, 0.4) is 0 Å². The predicted molar refractivity (Wildman–Crippen MR) is 58.7 cm³/mol. The zero-order valence-corrected chi connectivity index (χ0v) is 9.47. The predicted octanol–water partition coefficient (Wildman–Crippen LogP) is 2.43. The van der Waals surface area contributed by atoms with Crippen LogP contribution >= 0.6 is 15.9 Å². The summed E-state index contributed by atoms with van der Waals surface area (Å²) in [6.45, 7) is 2.87. The first kappa shape index (κ1) is 10.7. The summed E-state index contributed by atoms with van der Waals surface area (Å²) in [5.41, 5.74) is 7.87. The highest BCUT2D eigenvalue weighted by atomic mass is 79.9. The number of pyridine rings is 1. The molecule has 1 rings (SSSR count). The van der Waals surface area contributed by atoms with Gasteiger partial charge >= 0.3 is 0 Å². The van der Waals surface area contributed by atoms with E-state index >= 15 is 0 Å². The number of halogens is 1. The molecule has 0 aliphatic heterocycles. The fourth-order valence-corrected chi connectivity index (χ4v) is 1.71. The normalized spacial score (nSPS) is 10.4. The van der Waals surface area contributed by atoms with Gasteiger partial charge in [0.2, 0.25) is 0 Å². The van der Waals surface area contributed by atoms with Crippen LogP contribution in [0.5, 0.6) is 0 Å². The molecule has 72 valence electrons. The van der Waals surface area contributed by atoms with Crippen molar-refractivity contribution in [3.8, 4) is 0 Å². The maximum absolute atomic E-state index is 5.43. The van der Waals surface area contributed by atoms with Crippen molar-refractivity contribution in [1.29, 1.82) is 0 Å². The first-order chi connectivity index (χ1) is 6.24. The van der Waals surface area contributed by atoms with E-state index in [0.29, 0.717) is 0 Å². The number of unbranched alkanes of at least 4 members (excludes halogenated alkanes) is 1. The van der Waals surface area contributed by atoms with E-state index in [9.17, 15) is 0 Å². The molecule has 0 aromatic carbocycles. The van der Waals surface area contributed by atoms with E-state index in [1.54, 1.807) is 0 Å². The van der Waals surface area contributed by atoms with E-state index in [0.717, 1.165) is 30.3 Å². The molecule has 0 bridgehead atoms. The Bertz CT molecular complexity index is 274. The summed E-state index contributed by atoms with van der Waals surface area (Å²) in [7, 11) is 0. The minimum absolute atomic E-state index is 0.773. The number of aromatic nitrogens is 1. The second-order valence-corrected chi connectivity index (χ2v) is 4.08. The summed E-state index contributed by atoms with van der Waals surface area (Å²) in [5, 5.41) is 0. The number of hydrogen-bond donors (Lipinski definition) is 1. The minimum Gasteiger partial charge on any atom is -0.330 e. The summed E-state index contributed by atoms with van der Waals surface area (Å²) < 4.78 is 1.05. The molecule has 0 fully saturated rings. The molecule has 0 unspecified atom stereocenters. The average Bonchev–Trinajstić information content (AvgIpc) is 2.09. The lowest BCUT2D eigenvalue weighted by atomic mass is 10.1. The molecule has 0 amide bonds. The Balaban J connectivity index is 2.56. The summed E-state index contributed by atoms with van der Waals surface area (Å²) in [4.78, 5) is 4.36. The lowest BCUT2D eigenvalue weighted by Crippen LogP contribution is -2.00. The monoisotopic (exact) mass is 242 g/mol. The van der Waals surface area contributed by atoms with Gasteiger partial charge in [-0.25, -0.2) is 0 Å². The molecular weight excluding hydrogens is 228 g/mol. The first-order valence-corrected chi connectivity index (χ1v) is 5.34. The fraction of sp³-hybridized carbons (Fsp3) is 0.500. The molecule has 0 spiro atoms. The second kappa shape index (κ2) is 5.35. The van der Waals surface area contributed by atoms with E-state index in [-0.39, 0.29) is 0 Å². The highest BCUT2D eigenvalue weighted by Crippen LogP contribution is 2.14. The number of rotatable bonds is 4. The molecular formula is C10H15BrN2. The average molecular weight is 243 g/mol. The summed E-state index contributed by atoms with van der Waals surface area (Å²) in [6, 6.07) is 2.10. The third kappa shape index (κ3) is 3.44.